The smallest absolute Gasteiger partial charge is 0.336 e. The van der Waals surface area contributed by atoms with Gasteiger partial charge >= 0.3 is 5.97 Å². The van der Waals surface area contributed by atoms with Crippen LogP contribution in [0.5, 0.6) is 0 Å². The molecule has 0 radical (unpaired) electrons. The molecule has 0 bridgehead atoms. The lowest BCUT2D eigenvalue weighted by Gasteiger charge is -2.00. The van der Waals surface area contributed by atoms with Crippen LogP contribution in [0.4, 0.5) is 0 Å². The highest BCUT2D eigenvalue weighted by molar-refractivity contribution is 7.13. The van der Waals surface area contributed by atoms with E-state index < -0.39 is 5.97 Å². The average Bonchev–Trinajstić information content (AvgIpc) is 2.71. The molecule has 0 unspecified atom stereocenters. The molecule has 1 aromatic carbocycles. The van der Waals surface area contributed by atoms with Gasteiger partial charge in [0.25, 0.3) is 0 Å². The predicted molar refractivity (Wildman–Crippen MR) is 66.5 cm³/mol. The van der Waals surface area contributed by atoms with Crippen LogP contribution in [0.1, 0.15) is 15.9 Å². The molecule has 82 valence electrons. The van der Waals surface area contributed by atoms with Gasteiger partial charge in [-0.25, -0.2) is 4.79 Å². The second kappa shape index (κ2) is 4.28. The monoisotopic (exact) mass is 252 g/mol. The van der Waals surface area contributed by atoms with Crippen LogP contribution in [-0.4, -0.2) is 11.1 Å². The lowest BCUT2D eigenvalue weighted by Crippen LogP contribution is -1.91. The van der Waals surface area contributed by atoms with Crippen molar-refractivity contribution in [2.75, 3.05) is 0 Å². The van der Waals surface area contributed by atoms with Crippen molar-refractivity contribution in [3.05, 3.63) is 45.8 Å². The summed E-state index contributed by atoms with van der Waals surface area (Å²) in [6, 6.07) is 7.39. The van der Waals surface area contributed by atoms with Crippen molar-refractivity contribution >= 4 is 28.9 Å². The largest absolute Gasteiger partial charge is 0.478 e. The van der Waals surface area contributed by atoms with Gasteiger partial charge in [0, 0.05) is 15.3 Å². The minimum absolute atomic E-state index is 0.316. The Bertz CT molecular complexity index is 546. The Morgan fingerprint density at radius 2 is 2.12 bits per heavy atom. The molecule has 2 rings (SSSR count). The number of carbonyl (C=O) groups is 1. The van der Waals surface area contributed by atoms with E-state index in [4.69, 9.17) is 16.7 Å². The van der Waals surface area contributed by atoms with Crippen LogP contribution >= 0.6 is 22.9 Å². The highest BCUT2D eigenvalue weighted by Crippen LogP contribution is 2.30. The number of halogens is 1. The van der Waals surface area contributed by atoms with Crippen LogP contribution in [0, 0.1) is 6.92 Å². The molecule has 0 saturated heterocycles. The summed E-state index contributed by atoms with van der Waals surface area (Å²) in [6.45, 7) is 1.93. The first-order chi connectivity index (χ1) is 7.58. The number of carboxylic acids is 1. The number of aromatic carboxylic acids is 1. The van der Waals surface area contributed by atoms with Crippen molar-refractivity contribution in [1.29, 1.82) is 0 Å². The fraction of sp³-hybridized carbons (Fsp3) is 0.0833. The molecule has 0 fully saturated rings. The molecule has 0 aliphatic heterocycles. The Hall–Kier alpha value is -1.32. The number of rotatable bonds is 2. The zero-order valence-electron chi connectivity index (χ0n) is 8.53. The minimum Gasteiger partial charge on any atom is -0.478 e. The van der Waals surface area contributed by atoms with Gasteiger partial charge in [-0.3, -0.25) is 0 Å². The lowest BCUT2D eigenvalue weighted by atomic mass is 10.1. The van der Waals surface area contributed by atoms with E-state index >= 15 is 0 Å². The number of hydrogen-bond donors (Lipinski definition) is 1. The van der Waals surface area contributed by atoms with E-state index in [1.165, 1.54) is 11.3 Å². The van der Waals surface area contributed by atoms with E-state index in [1.807, 2.05) is 25.1 Å². The molecule has 1 heterocycles. The van der Waals surface area contributed by atoms with E-state index in [0.717, 1.165) is 16.0 Å². The zero-order chi connectivity index (χ0) is 11.7. The Kier molecular flexibility index (Phi) is 2.99. The van der Waals surface area contributed by atoms with Gasteiger partial charge < -0.3 is 5.11 Å². The molecule has 0 spiro atoms. The van der Waals surface area contributed by atoms with Crippen LogP contribution in [-0.2, 0) is 0 Å². The topological polar surface area (TPSA) is 37.3 Å². The molecular weight excluding hydrogens is 244 g/mol. The number of carboxylic acid groups (broad SMARTS) is 1. The van der Waals surface area contributed by atoms with Crippen molar-refractivity contribution in [2.45, 2.75) is 6.92 Å². The second-order valence-electron chi connectivity index (χ2n) is 3.47. The van der Waals surface area contributed by atoms with Gasteiger partial charge in [-0.15, -0.1) is 11.3 Å². The third kappa shape index (κ3) is 2.10. The Morgan fingerprint density at radius 1 is 1.38 bits per heavy atom. The van der Waals surface area contributed by atoms with Gasteiger partial charge in [0.1, 0.15) is 0 Å². The summed E-state index contributed by atoms with van der Waals surface area (Å²) >= 11 is 7.43. The molecule has 0 aliphatic carbocycles. The second-order valence-corrected chi connectivity index (χ2v) is 4.79. The van der Waals surface area contributed by atoms with Gasteiger partial charge in [-0.05, 0) is 30.2 Å². The molecule has 0 atom stereocenters. The first kappa shape index (κ1) is 11.2. The molecule has 16 heavy (non-hydrogen) atoms. The van der Waals surface area contributed by atoms with Crippen molar-refractivity contribution in [3.63, 3.8) is 0 Å². The maximum Gasteiger partial charge on any atom is 0.336 e. The molecule has 4 heteroatoms. The average molecular weight is 253 g/mol. The maximum absolute atomic E-state index is 10.7. The van der Waals surface area contributed by atoms with Crippen LogP contribution in [0.3, 0.4) is 0 Å². The summed E-state index contributed by atoms with van der Waals surface area (Å²) < 4.78 is 0. The van der Waals surface area contributed by atoms with E-state index in [2.05, 4.69) is 0 Å². The Morgan fingerprint density at radius 3 is 2.69 bits per heavy atom. The molecular formula is C12H9ClO2S. The Balaban J connectivity index is 2.42. The van der Waals surface area contributed by atoms with E-state index in [-0.39, 0.29) is 0 Å². The highest BCUT2D eigenvalue weighted by Gasteiger charge is 2.08. The standard InChI is InChI=1S/C12H9ClO2S/c1-7-2-3-8(4-10(7)13)11-5-9(6-16-11)12(14)15/h2-6H,1H3,(H,14,15). The summed E-state index contributed by atoms with van der Waals surface area (Å²) in [7, 11) is 0. The van der Waals surface area contributed by atoms with Gasteiger partial charge in [0.2, 0.25) is 0 Å². The molecule has 0 aliphatic rings. The van der Waals surface area contributed by atoms with Crippen molar-refractivity contribution < 1.29 is 9.90 Å². The van der Waals surface area contributed by atoms with Crippen LogP contribution in [0.25, 0.3) is 10.4 Å². The molecule has 2 aromatic rings. The van der Waals surface area contributed by atoms with Crippen molar-refractivity contribution in [3.8, 4) is 10.4 Å². The predicted octanol–water partition coefficient (Wildman–Crippen LogP) is 4.08. The molecule has 1 aromatic heterocycles. The van der Waals surface area contributed by atoms with Gasteiger partial charge in [-0.2, -0.15) is 0 Å². The summed E-state index contributed by atoms with van der Waals surface area (Å²) in [6.07, 6.45) is 0. The summed E-state index contributed by atoms with van der Waals surface area (Å²) in [5.74, 6) is -0.902. The van der Waals surface area contributed by atoms with Crippen molar-refractivity contribution in [1.82, 2.24) is 0 Å². The number of aryl methyl sites for hydroxylation is 1. The fourth-order valence-corrected chi connectivity index (χ4v) is 2.41. The molecule has 2 nitrogen and oxygen atoms in total. The normalized spacial score (nSPS) is 10.4. The Labute approximate surface area is 102 Å². The van der Waals surface area contributed by atoms with Crippen LogP contribution < -0.4 is 0 Å². The third-order valence-electron chi connectivity index (χ3n) is 2.30. The number of hydrogen-bond acceptors (Lipinski definition) is 2. The van der Waals surface area contributed by atoms with E-state index in [1.54, 1.807) is 11.4 Å². The van der Waals surface area contributed by atoms with Crippen molar-refractivity contribution in [2.24, 2.45) is 0 Å². The lowest BCUT2D eigenvalue weighted by molar-refractivity contribution is 0.0697. The fourth-order valence-electron chi connectivity index (χ4n) is 1.35. The first-order valence-corrected chi connectivity index (χ1v) is 5.92. The molecule has 1 N–H and O–H groups in total. The van der Waals surface area contributed by atoms with Gasteiger partial charge in [0.15, 0.2) is 0 Å². The van der Waals surface area contributed by atoms with Crippen LogP contribution in [0.2, 0.25) is 5.02 Å². The van der Waals surface area contributed by atoms with E-state index in [9.17, 15) is 4.79 Å². The van der Waals surface area contributed by atoms with Gasteiger partial charge in [0.05, 0.1) is 5.56 Å². The highest BCUT2D eigenvalue weighted by atomic mass is 35.5. The van der Waals surface area contributed by atoms with E-state index in [0.29, 0.717) is 10.6 Å². The number of thiophene rings is 1. The first-order valence-electron chi connectivity index (χ1n) is 4.66. The minimum atomic E-state index is -0.902. The zero-order valence-corrected chi connectivity index (χ0v) is 10.1. The molecule has 0 saturated carbocycles. The van der Waals surface area contributed by atoms with Gasteiger partial charge in [-0.1, -0.05) is 23.7 Å². The third-order valence-corrected chi connectivity index (χ3v) is 3.69. The summed E-state index contributed by atoms with van der Waals surface area (Å²) in [5, 5.41) is 11.2. The van der Waals surface area contributed by atoms with Crippen LogP contribution in [0.15, 0.2) is 29.6 Å². The summed E-state index contributed by atoms with van der Waals surface area (Å²) in [4.78, 5) is 11.7. The quantitative estimate of drug-likeness (QED) is 0.875. The molecule has 0 amide bonds. The number of benzene rings is 1. The SMILES string of the molecule is Cc1ccc(-c2cc(C(=O)O)cs2)cc1Cl. The summed E-state index contributed by atoms with van der Waals surface area (Å²) in [5.41, 5.74) is 2.28. The maximum atomic E-state index is 10.7.